The van der Waals surface area contributed by atoms with E-state index in [2.05, 4.69) is 33.0 Å². The van der Waals surface area contributed by atoms with E-state index >= 15 is 0 Å². The maximum atomic E-state index is 12.0. The molecule has 1 heterocycles. The van der Waals surface area contributed by atoms with Gasteiger partial charge in [0, 0.05) is 32.1 Å². The second kappa shape index (κ2) is 6.24. The third-order valence-corrected chi connectivity index (χ3v) is 3.12. The number of carbonyl (C=O) groups excluding carboxylic acids is 1. The van der Waals surface area contributed by atoms with Gasteiger partial charge in [0.25, 0.3) is 0 Å². The fourth-order valence-corrected chi connectivity index (χ4v) is 2.47. The molecule has 0 radical (unpaired) electrons. The second-order valence-corrected chi connectivity index (χ2v) is 5.63. The van der Waals surface area contributed by atoms with Gasteiger partial charge in [-0.2, -0.15) is 0 Å². The Kier molecular flexibility index (Phi) is 5.26. The number of rotatable bonds is 4. The fraction of sp³-hybridized carbons (Fsp3) is 0.923. The van der Waals surface area contributed by atoms with Crippen LogP contribution in [0.3, 0.4) is 0 Å². The number of piperazine rings is 1. The first kappa shape index (κ1) is 13.5. The molecule has 1 fully saturated rings. The van der Waals surface area contributed by atoms with Crippen molar-refractivity contribution in [3.63, 3.8) is 0 Å². The van der Waals surface area contributed by atoms with E-state index in [0.717, 1.165) is 26.1 Å². The monoisotopic (exact) mass is 226 g/mol. The highest BCUT2D eigenvalue weighted by Crippen LogP contribution is 2.16. The second-order valence-electron chi connectivity index (χ2n) is 5.63. The first-order valence-corrected chi connectivity index (χ1v) is 6.50. The van der Waals surface area contributed by atoms with Crippen molar-refractivity contribution in [1.29, 1.82) is 0 Å². The highest BCUT2D eigenvalue weighted by molar-refractivity contribution is 5.76. The number of carbonyl (C=O) groups is 1. The molecule has 94 valence electrons. The van der Waals surface area contributed by atoms with Gasteiger partial charge in [0.05, 0.1) is 0 Å². The molecule has 1 rings (SSSR count). The lowest BCUT2D eigenvalue weighted by molar-refractivity contribution is -0.133. The summed E-state index contributed by atoms with van der Waals surface area (Å²) in [6.45, 7) is 11.4. The molecule has 0 aromatic rings. The smallest absolute Gasteiger partial charge is 0.222 e. The Balaban J connectivity index is 2.33. The van der Waals surface area contributed by atoms with Crippen molar-refractivity contribution >= 4 is 5.91 Å². The van der Waals surface area contributed by atoms with Gasteiger partial charge in [0.15, 0.2) is 0 Å². The predicted octanol–water partition coefficient (Wildman–Crippen LogP) is 1.88. The van der Waals surface area contributed by atoms with E-state index in [1.807, 2.05) is 4.90 Å². The van der Waals surface area contributed by atoms with Crippen molar-refractivity contribution in [2.45, 2.75) is 46.6 Å². The summed E-state index contributed by atoms with van der Waals surface area (Å²) in [4.78, 5) is 14.0. The Labute approximate surface area is 99.6 Å². The van der Waals surface area contributed by atoms with E-state index in [9.17, 15) is 4.79 Å². The number of amides is 1. The molecule has 2 unspecified atom stereocenters. The topological polar surface area (TPSA) is 32.3 Å². The van der Waals surface area contributed by atoms with Crippen molar-refractivity contribution in [2.75, 3.05) is 19.6 Å². The molecule has 0 aliphatic carbocycles. The standard InChI is InChI=1S/C13H26N2O/c1-10(2)7-11(3)8-13(16)15-6-5-14-12(4)9-15/h10-12,14H,5-9H2,1-4H3. The summed E-state index contributed by atoms with van der Waals surface area (Å²) in [5.74, 6) is 1.53. The highest BCUT2D eigenvalue weighted by Gasteiger charge is 2.21. The van der Waals surface area contributed by atoms with Crippen LogP contribution in [-0.4, -0.2) is 36.5 Å². The zero-order valence-corrected chi connectivity index (χ0v) is 11.1. The van der Waals surface area contributed by atoms with Crippen molar-refractivity contribution < 1.29 is 4.79 Å². The molecule has 0 spiro atoms. The van der Waals surface area contributed by atoms with E-state index in [4.69, 9.17) is 0 Å². The Morgan fingerprint density at radius 1 is 1.44 bits per heavy atom. The molecule has 0 aromatic carbocycles. The molecule has 1 saturated heterocycles. The minimum Gasteiger partial charge on any atom is -0.340 e. The minimum atomic E-state index is 0.335. The summed E-state index contributed by atoms with van der Waals surface area (Å²) in [5.41, 5.74) is 0. The number of hydrogen-bond donors (Lipinski definition) is 1. The molecule has 3 heteroatoms. The summed E-state index contributed by atoms with van der Waals surface area (Å²) in [5, 5.41) is 3.36. The van der Waals surface area contributed by atoms with Gasteiger partial charge in [0.2, 0.25) is 5.91 Å². The quantitative estimate of drug-likeness (QED) is 0.794. The van der Waals surface area contributed by atoms with Gasteiger partial charge < -0.3 is 10.2 Å². The van der Waals surface area contributed by atoms with E-state index in [1.165, 1.54) is 0 Å². The van der Waals surface area contributed by atoms with Crippen LogP contribution in [0.5, 0.6) is 0 Å². The van der Waals surface area contributed by atoms with Crippen LogP contribution < -0.4 is 5.32 Å². The van der Waals surface area contributed by atoms with Crippen LogP contribution in [0.1, 0.15) is 40.5 Å². The molecule has 2 atom stereocenters. The minimum absolute atomic E-state index is 0.335. The van der Waals surface area contributed by atoms with Crippen LogP contribution in [0.15, 0.2) is 0 Å². The molecule has 0 bridgehead atoms. The predicted molar refractivity (Wildman–Crippen MR) is 67.3 cm³/mol. The van der Waals surface area contributed by atoms with Gasteiger partial charge in [-0.25, -0.2) is 0 Å². The van der Waals surface area contributed by atoms with Gasteiger partial charge in [-0.1, -0.05) is 20.8 Å². The molecular formula is C13H26N2O. The molecule has 0 saturated carbocycles. The largest absolute Gasteiger partial charge is 0.340 e. The van der Waals surface area contributed by atoms with E-state index < -0.39 is 0 Å². The molecule has 0 aromatic heterocycles. The first-order chi connectivity index (χ1) is 7.49. The third-order valence-electron chi connectivity index (χ3n) is 3.12. The van der Waals surface area contributed by atoms with Crippen molar-refractivity contribution in [3.05, 3.63) is 0 Å². The van der Waals surface area contributed by atoms with Gasteiger partial charge in [-0.15, -0.1) is 0 Å². The fourth-order valence-electron chi connectivity index (χ4n) is 2.47. The SMILES string of the molecule is CC(C)CC(C)CC(=O)N1CCNC(C)C1. The van der Waals surface area contributed by atoms with Crippen LogP contribution in [-0.2, 0) is 4.79 Å². The van der Waals surface area contributed by atoms with Crippen LogP contribution in [0.25, 0.3) is 0 Å². The van der Waals surface area contributed by atoms with Gasteiger partial charge in [-0.3, -0.25) is 4.79 Å². The maximum Gasteiger partial charge on any atom is 0.222 e. The lowest BCUT2D eigenvalue weighted by atomic mass is 9.95. The van der Waals surface area contributed by atoms with E-state index in [0.29, 0.717) is 30.2 Å². The molecule has 3 nitrogen and oxygen atoms in total. The van der Waals surface area contributed by atoms with Crippen LogP contribution in [0, 0.1) is 11.8 Å². The third kappa shape index (κ3) is 4.52. The molecule has 1 aliphatic rings. The number of nitrogens with one attached hydrogen (secondary N) is 1. The highest BCUT2D eigenvalue weighted by atomic mass is 16.2. The Morgan fingerprint density at radius 2 is 2.12 bits per heavy atom. The average Bonchev–Trinajstić information content (AvgIpc) is 2.16. The molecular weight excluding hydrogens is 200 g/mol. The molecule has 1 aliphatic heterocycles. The van der Waals surface area contributed by atoms with Crippen molar-refractivity contribution in [3.8, 4) is 0 Å². The Hall–Kier alpha value is -0.570. The van der Waals surface area contributed by atoms with Crippen LogP contribution in [0.2, 0.25) is 0 Å². The summed E-state index contributed by atoms with van der Waals surface area (Å²) in [7, 11) is 0. The summed E-state index contributed by atoms with van der Waals surface area (Å²) in [6.07, 6.45) is 1.86. The summed E-state index contributed by atoms with van der Waals surface area (Å²) >= 11 is 0. The van der Waals surface area contributed by atoms with Crippen LogP contribution >= 0.6 is 0 Å². The zero-order valence-electron chi connectivity index (χ0n) is 11.1. The lowest BCUT2D eigenvalue weighted by Gasteiger charge is -2.32. The summed E-state index contributed by atoms with van der Waals surface area (Å²) in [6, 6.07) is 0.443. The molecule has 1 amide bonds. The average molecular weight is 226 g/mol. The zero-order chi connectivity index (χ0) is 12.1. The number of nitrogens with zero attached hydrogens (tertiary/aromatic N) is 1. The Bertz CT molecular complexity index is 228. The molecule has 16 heavy (non-hydrogen) atoms. The normalized spacial score (nSPS) is 23.6. The van der Waals surface area contributed by atoms with Crippen LogP contribution in [0.4, 0.5) is 0 Å². The summed E-state index contributed by atoms with van der Waals surface area (Å²) < 4.78 is 0. The first-order valence-electron chi connectivity index (χ1n) is 6.50. The van der Waals surface area contributed by atoms with Crippen molar-refractivity contribution in [2.24, 2.45) is 11.8 Å². The van der Waals surface area contributed by atoms with E-state index in [-0.39, 0.29) is 0 Å². The van der Waals surface area contributed by atoms with Gasteiger partial charge in [-0.05, 0) is 25.2 Å². The van der Waals surface area contributed by atoms with Gasteiger partial charge in [0.1, 0.15) is 0 Å². The van der Waals surface area contributed by atoms with Crippen molar-refractivity contribution in [1.82, 2.24) is 10.2 Å². The Morgan fingerprint density at radius 3 is 2.69 bits per heavy atom. The van der Waals surface area contributed by atoms with Gasteiger partial charge >= 0.3 is 0 Å². The maximum absolute atomic E-state index is 12.0. The van der Waals surface area contributed by atoms with E-state index in [1.54, 1.807) is 0 Å². The lowest BCUT2D eigenvalue weighted by Crippen LogP contribution is -2.51. The number of hydrogen-bond acceptors (Lipinski definition) is 2. The molecule has 1 N–H and O–H groups in total.